The molecule has 2 N–H and O–H groups in total. The van der Waals surface area contributed by atoms with E-state index in [1.54, 1.807) is 0 Å². The van der Waals surface area contributed by atoms with Crippen LogP contribution in [-0.4, -0.2) is 6.54 Å². The maximum atomic E-state index is 4.60. The van der Waals surface area contributed by atoms with Crippen molar-refractivity contribution in [3.8, 4) is 0 Å². The minimum absolute atomic E-state index is 0.677. The summed E-state index contributed by atoms with van der Waals surface area (Å²) >= 11 is 0. The second kappa shape index (κ2) is 7.28. The van der Waals surface area contributed by atoms with E-state index in [-0.39, 0.29) is 0 Å². The largest absolute Gasteiger partial charge is 0.305 e. The molecule has 3 heteroatoms. The van der Waals surface area contributed by atoms with E-state index < -0.39 is 0 Å². The van der Waals surface area contributed by atoms with E-state index in [0.717, 1.165) is 0 Å². The molecule has 0 aromatic heterocycles. The van der Waals surface area contributed by atoms with Gasteiger partial charge in [-0.05, 0) is 31.9 Å². The van der Waals surface area contributed by atoms with Crippen molar-refractivity contribution in [1.82, 2.24) is 0 Å². The minimum atomic E-state index is 0.677. The van der Waals surface area contributed by atoms with Crippen LogP contribution in [0.3, 0.4) is 0 Å². The first-order chi connectivity index (χ1) is 6.22. The molecule has 0 bridgehead atoms. The highest BCUT2D eigenvalue weighted by Crippen LogP contribution is 2.02. The van der Waals surface area contributed by atoms with Gasteiger partial charge in [0.2, 0.25) is 0 Å². The van der Waals surface area contributed by atoms with E-state index >= 15 is 0 Å². The van der Waals surface area contributed by atoms with E-state index in [1.807, 2.05) is 6.92 Å². The Morgan fingerprint density at radius 1 is 1.15 bits per heavy atom. The molecule has 0 atom stereocenters. The van der Waals surface area contributed by atoms with Crippen LogP contribution in [0.25, 0.3) is 0 Å². The van der Waals surface area contributed by atoms with Gasteiger partial charge in [0.05, 0.1) is 6.54 Å². The highest BCUT2D eigenvalue weighted by molar-refractivity contribution is 5.23. The number of hydrogen-bond acceptors (Lipinski definition) is 2. The summed E-state index contributed by atoms with van der Waals surface area (Å²) in [5.74, 6) is 4.60. The molecule has 0 spiro atoms. The second-order valence-corrected chi connectivity index (χ2v) is 2.66. The summed E-state index contributed by atoms with van der Waals surface area (Å²) in [4.78, 5) is 0. The predicted octanol–water partition coefficient (Wildman–Crippen LogP) is 2.64. The van der Waals surface area contributed by atoms with Crippen LogP contribution in [0.5, 0.6) is 0 Å². The summed E-state index contributed by atoms with van der Waals surface area (Å²) in [6.45, 7) is 6.79. The summed E-state index contributed by atoms with van der Waals surface area (Å²) in [5, 5.41) is 6.35. The number of nitrogens with two attached hydrogens (primary N) is 1. The Balaban J connectivity index is 0.000000252. The Kier molecular flexibility index (Phi) is 6.51. The smallest absolute Gasteiger partial charge is 0.0591 e. The Bertz CT molecular complexity index is 235. The van der Waals surface area contributed by atoms with E-state index in [9.17, 15) is 0 Å². The van der Waals surface area contributed by atoms with E-state index in [1.165, 1.54) is 11.1 Å². The lowest BCUT2D eigenvalue weighted by atomic mass is 10.1. The maximum absolute atomic E-state index is 4.60. The second-order valence-electron chi connectivity index (χ2n) is 2.66. The third-order valence-electron chi connectivity index (χ3n) is 1.65. The van der Waals surface area contributed by atoms with Crippen molar-refractivity contribution in [2.24, 2.45) is 16.2 Å². The van der Waals surface area contributed by atoms with Gasteiger partial charge < -0.3 is 5.84 Å². The normalized spacial score (nSPS) is 9.46. The van der Waals surface area contributed by atoms with Crippen molar-refractivity contribution in [3.63, 3.8) is 0 Å². The van der Waals surface area contributed by atoms with Crippen molar-refractivity contribution >= 4 is 0 Å². The lowest BCUT2D eigenvalue weighted by Gasteiger charge is -1.93. The molecule has 3 nitrogen and oxygen atoms in total. The molecule has 0 fully saturated rings. The fourth-order valence-corrected chi connectivity index (χ4v) is 0.744. The molecule has 1 aromatic carbocycles. The molecule has 0 aliphatic heterocycles. The lowest BCUT2D eigenvalue weighted by molar-refractivity contribution is 0.927. The first kappa shape index (κ1) is 11.6. The van der Waals surface area contributed by atoms with Gasteiger partial charge in [0, 0.05) is 0 Å². The standard InChI is InChI=1S/C8H10.C2H7N3/c1-7-5-3-4-6-8(7)2;1-2-4-5-3/h3-6H,1-2H3;2H2,1H3,(H2,3,4). The summed E-state index contributed by atoms with van der Waals surface area (Å²) < 4.78 is 0. The summed E-state index contributed by atoms with van der Waals surface area (Å²) in [6, 6.07) is 8.36. The summed E-state index contributed by atoms with van der Waals surface area (Å²) in [7, 11) is 0. The number of benzene rings is 1. The first-order valence-electron chi connectivity index (χ1n) is 4.31. The van der Waals surface area contributed by atoms with Gasteiger partial charge in [-0.15, -0.1) is 0 Å². The van der Waals surface area contributed by atoms with Crippen molar-refractivity contribution < 1.29 is 0 Å². The molecule has 13 heavy (non-hydrogen) atoms. The number of hydrogen-bond donors (Lipinski definition) is 1. The Morgan fingerprint density at radius 3 is 1.77 bits per heavy atom. The van der Waals surface area contributed by atoms with Crippen molar-refractivity contribution in [1.29, 1.82) is 0 Å². The molecule has 72 valence electrons. The Morgan fingerprint density at radius 2 is 1.62 bits per heavy atom. The zero-order valence-electron chi connectivity index (χ0n) is 8.49. The van der Waals surface area contributed by atoms with Crippen LogP contribution in [0.1, 0.15) is 18.1 Å². The van der Waals surface area contributed by atoms with Crippen LogP contribution in [0, 0.1) is 13.8 Å². The lowest BCUT2D eigenvalue weighted by Crippen LogP contribution is -1.74. The third kappa shape index (κ3) is 5.84. The Labute approximate surface area is 79.7 Å². The molecular formula is C10H17N3. The van der Waals surface area contributed by atoms with E-state index in [0.29, 0.717) is 6.54 Å². The molecule has 0 amide bonds. The molecule has 0 unspecified atom stereocenters. The maximum Gasteiger partial charge on any atom is 0.0591 e. The molecule has 0 aliphatic rings. The minimum Gasteiger partial charge on any atom is -0.305 e. The van der Waals surface area contributed by atoms with Crippen LogP contribution < -0.4 is 5.84 Å². The topological polar surface area (TPSA) is 50.7 Å². The van der Waals surface area contributed by atoms with Crippen LogP contribution in [0.15, 0.2) is 34.6 Å². The van der Waals surface area contributed by atoms with Gasteiger partial charge in [-0.3, -0.25) is 0 Å². The number of aryl methyl sites for hydroxylation is 2. The predicted molar refractivity (Wildman–Crippen MR) is 55.5 cm³/mol. The molecular weight excluding hydrogens is 162 g/mol. The van der Waals surface area contributed by atoms with Crippen LogP contribution in [-0.2, 0) is 0 Å². The van der Waals surface area contributed by atoms with Gasteiger partial charge in [0.25, 0.3) is 0 Å². The number of nitrogens with zero attached hydrogens (tertiary/aromatic N) is 2. The highest BCUT2D eigenvalue weighted by atomic mass is 15.3. The van der Waals surface area contributed by atoms with Gasteiger partial charge >= 0.3 is 0 Å². The van der Waals surface area contributed by atoms with Crippen LogP contribution >= 0.6 is 0 Å². The summed E-state index contributed by atoms with van der Waals surface area (Å²) in [6.07, 6.45) is 0. The summed E-state index contributed by atoms with van der Waals surface area (Å²) in [5.41, 5.74) is 2.74. The third-order valence-corrected chi connectivity index (χ3v) is 1.65. The molecule has 1 aromatic rings. The fourth-order valence-electron chi connectivity index (χ4n) is 0.744. The van der Waals surface area contributed by atoms with Crippen molar-refractivity contribution in [2.45, 2.75) is 20.8 Å². The molecule has 0 aliphatic carbocycles. The zero-order chi connectivity index (χ0) is 10.1. The number of rotatable bonds is 1. The molecule has 0 radical (unpaired) electrons. The van der Waals surface area contributed by atoms with Gasteiger partial charge in [-0.25, -0.2) is 0 Å². The van der Waals surface area contributed by atoms with Crippen molar-refractivity contribution in [3.05, 3.63) is 35.4 Å². The average Bonchev–Trinajstić information content (AvgIpc) is 2.13. The molecule has 1 rings (SSSR count). The van der Waals surface area contributed by atoms with Gasteiger partial charge in [-0.1, -0.05) is 29.5 Å². The fraction of sp³-hybridized carbons (Fsp3) is 0.400. The van der Waals surface area contributed by atoms with E-state index in [4.69, 9.17) is 0 Å². The van der Waals surface area contributed by atoms with Crippen molar-refractivity contribution in [2.75, 3.05) is 6.54 Å². The van der Waals surface area contributed by atoms with Crippen LogP contribution in [0.2, 0.25) is 0 Å². The Hall–Kier alpha value is -1.38. The average molecular weight is 179 g/mol. The van der Waals surface area contributed by atoms with Crippen LogP contribution in [0.4, 0.5) is 0 Å². The van der Waals surface area contributed by atoms with Gasteiger partial charge in [0.1, 0.15) is 0 Å². The SMILES string of the molecule is CCN=NN.Cc1ccccc1C. The molecule has 0 saturated heterocycles. The highest BCUT2D eigenvalue weighted by Gasteiger charge is 1.83. The zero-order valence-corrected chi connectivity index (χ0v) is 8.49. The van der Waals surface area contributed by atoms with Gasteiger partial charge in [0.15, 0.2) is 0 Å². The quantitative estimate of drug-likeness (QED) is 0.402. The van der Waals surface area contributed by atoms with Gasteiger partial charge in [-0.2, -0.15) is 5.11 Å². The monoisotopic (exact) mass is 179 g/mol. The molecule has 0 saturated carbocycles. The molecule has 0 heterocycles. The first-order valence-corrected chi connectivity index (χ1v) is 4.31. The van der Waals surface area contributed by atoms with E-state index in [2.05, 4.69) is 54.3 Å².